The minimum Gasteiger partial charge on any atom is -0.492 e. The third-order valence-corrected chi connectivity index (χ3v) is 4.92. The van der Waals surface area contributed by atoms with E-state index < -0.39 is 0 Å². The molecule has 94 valence electrons. The number of ether oxygens (including phenoxy) is 2. The van der Waals surface area contributed by atoms with Crippen molar-refractivity contribution >= 4 is 27.7 Å². The van der Waals surface area contributed by atoms with E-state index in [2.05, 4.69) is 22.9 Å². The Hall–Kier alpha value is -0.190. The van der Waals surface area contributed by atoms with Crippen LogP contribution in [-0.4, -0.2) is 30.3 Å². The molecular formula is C13H17BrO2S. The van der Waals surface area contributed by atoms with Crippen molar-refractivity contribution in [2.45, 2.75) is 24.7 Å². The van der Waals surface area contributed by atoms with Gasteiger partial charge in [-0.05, 0) is 41.4 Å². The third kappa shape index (κ3) is 3.90. The first-order valence-electron chi connectivity index (χ1n) is 5.88. The van der Waals surface area contributed by atoms with E-state index in [1.807, 2.05) is 36.0 Å². The normalized spacial score (nSPS) is 23.9. The molecule has 0 aliphatic carbocycles. The van der Waals surface area contributed by atoms with Gasteiger partial charge in [-0.1, -0.05) is 12.1 Å². The molecule has 1 aliphatic rings. The molecular weight excluding hydrogens is 300 g/mol. The van der Waals surface area contributed by atoms with Crippen molar-refractivity contribution in [1.29, 1.82) is 0 Å². The second-order valence-electron chi connectivity index (χ2n) is 4.05. The predicted molar refractivity (Wildman–Crippen MR) is 75.9 cm³/mol. The van der Waals surface area contributed by atoms with Crippen molar-refractivity contribution in [3.63, 3.8) is 0 Å². The highest BCUT2D eigenvalue weighted by Gasteiger charge is 2.24. The largest absolute Gasteiger partial charge is 0.492 e. The molecule has 4 heteroatoms. The Balaban J connectivity index is 1.68. The number of para-hydroxylation sites is 1. The highest BCUT2D eigenvalue weighted by Crippen LogP contribution is 2.27. The minimum absolute atomic E-state index is 0.392. The van der Waals surface area contributed by atoms with Crippen molar-refractivity contribution < 1.29 is 9.47 Å². The zero-order valence-electron chi connectivity index (χ0n) is 9.90. The van der Waals surface area contributed by atoms with Gasteiger partial charge in [0.25, 0.3) is 0 Å². The van der Waals surface area contributed by atoms with E-state index >= 15 is 0 Å². The Morgan fingerprint density at radius 1 is 1.47 bits per heavy atom. The van der Waals surface area contributed by atoms with Crippen molar-refractivity contribution in [3.8, 4) is 5.75 Å². The van der Waals surface area contributed by atoms with E-state index in [0.717, 1.165) is 29.2 Å². The first kappa shape index (κ1) is 13.2. The van der Waals surface area contributed by atoms with Crippen LogP contribution in [0, 0.1) is 0 Å². The molecule has 0 radical (unpaired) electrons. The lowest BCUT2D eigenvalue weighted by Gasteiger charge is -2.14. The molecule has 1 heterocycles. The maximum Gasteiger partial charge on any atom is 0.133 e. The van der Waals surface area contributed by atoms with Crippen molar-refractivity contribution in [3.05, 3.63) is 28.7 Å². The number of thioether (sulfide) groups is 1. The van der Waals surface area contributed by atoms with E-state index in [0.29, 0.717) is 11.4 Å². The average molecular weight is 317 g/mol. The average Bonchev–Trinajstić information content (AvgIpc) is 2.73. The van der Waals surface area contributed by atoms with Gasteiger partial charge in [-0.25, -0.2) is 0 Å². The van der Waals surface area contributed by atoms with Gasteiger partial charge in [0.1, 0.15) is 5.75 Å². The molecule has 17 heavy (non-hydrogen) atoms. The summed E-state index contributed by atoms with van der Waals surface area (Å²) in [5, 5.41) is 0.637. The van der Waals surface area contributed by atoms with E-state index in [1.165, 1.54) is 6.42 Å². The van der Waals surface area contributed by atoms with Crippen LogP contribution in [0.5, 0.6) is 5.75 Å². The Labute approximate surface area is 115 Å². The van der Waals surface area contributed by atoms with Crippen LogP contribution in [0.25, 0.3) is 0 Å². The summed E-state index contributed by atoms with van der Waals surface area (Å²) in [5.41, 5.74) is 0. The van der Waals surface area contributed by atoms with Gasteiger partial charge < -0.3 is 9.47 Å². The fourth-order valence-corrected chi connectivity index (χ4v) is 3.34. The molecule has 1 fully saturated rings. The molecule has 2 rings (SSSR count). The Kier molecular flexibility index (Phi) is 5.19. The van der Waals surface area contributed by atoms with Crippen LogP contribution in [0.3, 0.4) is 0 Å². The van der Waals surface area contributed by atoms with Crippen LogP contribution in [-0.2, 0) is 4.74 Å². The summed E-state index contributed by atoms with van der Waals surface area (Å²) in [7, 11) is 0. The number of hydrogen-bond acceptors (Lipinski definition) is 3. The number of benzene rings is 1. The topological polar surface area (TPSA) is 18.5 Å². The van der Waals surface area contributed by atoms with E-state index in [-0.39, 0.29) is 0 Å². The SMILES string of the molecule is C[C@@H]1OCC[C@@H]1SCCOc1ccccc1Br. The summed E-state index contributed by atoms with van der Waals surface area (Å²) in [6, 6.07) is 7.95. The smallest absolute Gasteiger partial charge is 0.133 e. The van der Waals surface area contributed by atoms with Gasteiger partial charge in [0.15, 0.2) is 0 Å². The van der Waals surface area contributed by atoms with Crippen LogP contribution < -0.4 is 4.74 Å². The van der Waals surface area contributed by atoms with E-state index in [9.17, 15) is 0 Å². The lowest BCUT2D eigenvalue weighted by atomic mass is 10.3. The molecule has 0 bridgehead atoms. The zero-order valence-corrected chi connectivity index (χ0v) is 12.3. The monoisotopic (exact) mass is 316 g/mol. The van der Waals surface area contributed by atoms with Gasteiger partial charge >= 0.3 is 0 Å². The standard InChI is InChI=1S/C13H17BrO2S/c1-10-13(6-7-15-10)17-9-8-16-12-5-3-2-4-11(12)14/h2-5,10,13H,6-9H2,1H3/t10-,13-/m0/s1. The van der Waals surface area contributed by atoms with Crippen LogP contribution in [0.15, 0.2) is 28.7 Å². The van der Waals surface area contributed by atoms with Crippen LogP contribution in [0.2, 0.25) is 0 Å². The highest BCUT2D eigenvalue weighted by atomic mass is 79.9. The van der Waals surface area contributed by atoms with Crippen molar-refractivity contribution in [2.24, 2.45) is 0 Å². The molecule has 0 amide bonds. The lowest BCUT2D eigenvalue weighted by Crippen LogP contribution is -2.15. The molecule has 1 aromatic carbocycles. The number of rotatable bonds is 5. The van der Waals surface area contributed by atoms with Crippen molar-refractivity contribution in [2.75, 3.05) is 19.0 Å². The molecule has 2 atom stereocenters. The van der Waals surface area contributed by atoms with Crippen molar-refractivity contribution in [1.82, 2.24) is 0 Å². The number of hydrogen-bond donors (Lipinski definition) is 0. The van der Waals surface area contributed by atoms with Crippen LogP contribution in [0.1, 0.15) is 13.3 Å². The summed E-state index contributed by atoms with van der Waals surface area (Å²) >= 11 is 5.42. The van der Waals surface area contributed by atoms with Gasteiger partial charge in [-0.2, -0.15) is 11.8 Å². The molecule has 1 aliphatic heterocycles. The molecule has 0 saturated carbocycles. The lowest BCUT2D eigenvalue weighted by molar-refractivity contribution is 0.127. The molecule has 2 nitrogen and oxygen atoms in total. The highest BCUT2D eigenvalue weighted by molar-refractivity contribution is 9.10. The molecule has 0 unspecified atom stereocenters. The summed E-state index contributed by atoms with van der Waals surface area (Å²) in [6.45, 7) is 3.81. The number of halogens is 1. The maximum absolute atomic E-state index is 5.72. The van der Waals surface area contributed by atoms with Gasteiger partial charge in [0, 0.05) is 17.6 Å². The summed E-state index contributed by atoms with van der Waals surface area (Å²) in [6.07, 6.45) is 1.56. The van der Waals surface area contributed by atoms with Gasteiger partial charge in [-0.3, -0.25) is 0 Å². The molecule has 0 spiro atoms. The second-order valence-corrected chi connectivity index (χ2v) is 6.25. The van der Waals surface area contributed by atoms with Crippen LogP contribution in [0.4, 0.5) is 0 Å². The first-order valence-corrected chi connectivity index (χ1v) is 7.72. The Morgan fingerprint density at radius 2 is 2.29 bits per heavy atom. The molecule has 1 aromatic rings. The fraction of sp³-hybridized carbons (Fsp3) is 0.538. The summed E-state index contributed by atoms with van der Waals surface area (Å²) in [4.78, 5) is 0. The van der Waals surface area contributed by atoms with Gasteiger partial charge in [-0.15, -0.1) is 0 Å². The summed E-state index contributed by atoms with van der Waals surface area (Å²) in [5.74, 6) is 1.93. The zero-order chi connectivity index (χ0) is 12.1. The minimum atomic E-state index is 0.392. The first-order chi connectivity index (χ1) is 8.27. The fourth-order valence-electron chi connectivity index (χ4n) is 1.84. The molecule has 1 saturated heterocycles. The molecule has 0 N–H and O–H groups in total. The summed E-state index contributed by atoms with van der Waals surface area (Å²) < 4.78 is 12.3. The van der Waals surface area contributed by atoms with Gasteiger partial charge in [0.05, 0.1) is 17.2 Å². The molecule has 0 aromatic heterocycles. The maximum atomic E-state index is 5.72. The van der Waals surface area contributed by atoms with E-state index in [4.69, 9.17) is 9.47 Å². The second kappa shape index (κ2) is 6.66. The van der Waals surface area contributed by atoms with E-state index in [1.54, 1.807) is 0 Å². The van der Waals surface area contributed by atoms with Gasteiger partial charge in [0.2, 0.25) is 0 Å². The third-order valence-electron chi connectivity index (χ3n) is 2.82. The quantitative estimate of drug-likeness (QED) is 0.771. The predicted octanol–water partition coefficient (Wildman–Crippen LogP) is 3.74. The Bertz CT molecular complexity index is 359. The van der Waals surface area contributed by atoms with Crippen LogP contribution >= 0.6 is 27.7 Å². The Morgan fingerprint density at radius 3 is 3.00 bits per heavy atom.